The van der Waals surface area contributed by atoms with Crippen molar-refractivity contribution in [2.45, 2.75) is 66.3 Å². The number of aliphatic imine (C=N–C) groups is 2. The summed E-state index contributed by atoms with van der Waals surface area (Å²) in [6.07, 6.45) is 0. The van der Waals surface area contributed by atoms with Gasteiger partial charge in [0.25, 0.3) is 0 Å². The highest BCUT2D eigenvalue weighted by Crippen LogP contribution is 2.36. The molecule has 32 heavy (non-hydrogen) atoms. The van der Waals surface area contributed by atoms with Gasteiger partial charge in [-0.3, -0.25) is 0 Å². The molecule has 0 aliphatic carbocycles. The van der Waals surface area contributed by atoms with Crippen molar-refractivity contribution in [3.63, 3.8) is 0 Å². The monoisotopic (exact) mass is 433 g/mol. The van der Waals surface area contributed by atoms with E-state index in [2.05, 4.69) is 110 Å². The van der Waals surface area contributed by atoms with Gasteiger partial charge >= 0.3 is 0 Å². The molecule has 1 atom stereocenters. The van der Waals surface area contributed by atoms with E-state index in [1.165, 1.54) is 11.1 Å². The lowest BCUT2D eigenvalue weighted by Crippen LogP contribution is -2.25. The summed E-state index contributed by atoms with van der Waals surface area (Å²) in [5, 5.41) is 0. The zero-order chi connectivity index (χ0) is 23.6. The van der Waals surface area contributed by atoms with Gasteiger partial charge in [-0.1, -0.05) is 78.8 Å². The number of anilines is 1. The predicted octanol–water partition coefficient (Wildman–Crippen LogP) is 6.96. The van der Waals surface area contributed by atoms with Crippen LogP contribution in [-0.4, -0.2) is 38.4 Å². The van der Waals surface area contributed by atoms with Crippen LogP contribution in [0.15, 0.2) is 52.4 Å². The Bertz CT molecular complexity index is 966. The Morgan fingerprint density at radius 2 is 1.53 bits per heavy atom. The Morgan fingerprint density at radius 1 is 0.969 bits per heavy atom. The molecule has 1 heterocycles. The van der Waals surface area contributed by atoms with E-state index in [1.54, 1.807) is 0 Å². The summed E-state index contributed by atoms with van der Waals surface area (Å²) in [4.78, 5) is 12.4. The average Bonchev–Trinajstić information content (AvgIpc) is 3.22. The van der Waals surface area contributed by atoms with Gasteiger partial charge in [0.05, 0.1) is 11.7 Å². The minimum atomic E-state index is 0.0422. The SMILES string of the molecule is CC(C)c1cccc(C(C)C)c1N=C(C1=N[C@@H](C(C)(C)C)CO1)c1ccc(N(C)C)cc1. The molecule has 0 saturated heterocycles. The number of para-hydroxylation sites is 1. The Labute approximate surface area is 194 Å². The first kappa shape index (κ1) is 24.0. The van der Waals surface area contributed by atoms with Crippen molar-refractivity contribution in [3.05, 3.63) is 59.2 Å². The van der Waals surface area contributed by atoms with Crippen LogP contribution in [0.5, 0.6) is 0 Å². The molecule has 0 N–H and O–H groups in total. The van der Waals surface area contributed by atoms with E-state index in [1.807, 2.05) is 0 Å². The van der Waals surface area contributed by atoms with Crippen molar-refractivity contribution in [1.29, 1.82) is 0 Å². The van der Waals surface area contributed by atoms with Gasteiger partial charge < -0.3 is 9.64 Å². The number of benzene rings is 2. The summed E-state index contributed by atoms with van der Waals surface area (Å²) < 4.78 is 6.17. The Balaban J connectivity index is 2.21. The standard InChI is InChI=1S/C28H39N3O/c1-18(2)22-11-10-12-23(19(3)4)26(22)30-25(20-13-15-21(16-14-20)31(8)9)27-29-24(17-32-27)28(5,6)7/h10-16,18-19,24H,17H2,1-9H3/t24-/m1/s1. The lowest BCUT2D eigenvalue weighted by atomic mass is 9.88. The molecule has 2 aromatic carbocycles. The maximum atomic E-state index is 6.17. The second kappa shape index (κ2) is 9.48. The maximum Gasteiger partial charge on any atom is 0.236 e. The predicted molar refractivity (Wildman–Crippen MR) is 138 cm³/mol. The van der Waals surface area contributed by atoms with E-state index >= 15 is 0 Å². The third-order valence-corrected chi connectivity index (χ3v) is 6.08. The molecule has 0 saturated carbocycles. The molecule has 4 nitrogen and oxygen atoms in total. The molecular formula is C28H39N3O. The van der Waals surface area contributed by atoms with Gasteiger partial charge in [-0.25, -0.2) is 9.98 Å². The van der Waals surface area contributed by atoms with Crippen molar-refractivity contribution in [2.75, 3.05) is 25.6 Å². The molecule has 0 bridgehead atoms. The van der Waals surface area contributed by atoms with E-state index < -0.39 is 0 Å². The molecule has 1 aliphatic heterocycles. The van der Waals surface area contributed by atoms with Crippen molar-refractivity contribution >= 4 is 23.0 Å². The first-order valence-corrected chi connectivity index (χ1v) is 11.7. The molecule has 2 aromatic rings. The van der Waals surface area contributed by atoms with Crippen LogP contribution in [0.25, 0.3) is 0 Å². The van der Waals surface area contributed by atoms with E-state index in [9.17, 15) is 0 Å². The zero-order valence-electron chi connectivity index (χ0n) is 21.2. The summed E-state index contributed by atoms with van der Waals surface area (Å²) in [6, 6.07) is 15.1. The smallest absolute Gasteiger partial charge is 0.236 e. The van der Waals surface area contributed by atoms with Crippen molar-refractivity contribution in [1.82, 2.24) is 0 Å². The molecule has 4 heteroatoms. The number of nitrogens with zero attached hydrogens (tertiary/aromatic N) is 3. The molecule has 3 rings (SSSR count). The fourth-order valence-electron chi connectivity index (χ4n) is 3.85. The summed E-state index contributed by atoms with van der Waals surface area (Å²) in [7, 11) is 4.10. The summed E-state index contributed by atoms with van der Waals surface area (Å²) >= 11 is 0. The third kappa shape index (κ3) is 5.23. The molecule has 172 valence electrons. The molecule has 0 amide bonds. The average molecular weight is 434 g/mol. The summed E-state index contributed by atoms with van der Waals surface area (Å²) in [5.41, 5.74) is 6.60. The Morgan fingerprint density at radius 3 is 1.97 bits per heavy atom. The van der Waals surface area contributed by atoms with Gasteiger partial charge in [0.15, 0.2) is 0 Å². The normalized spacial score (nSPS) is 17.0. The number of ether oxygens (including phenoxy) is 1. The fraction of sp³-hybridized carbons (Fsp3) is 0.500. The van der Waals surface area contributed by atoms with E-state index in [-0.39, 0.29) is 11.5 Å². The van der Waals surface area contributed by atoms with Crippen LogP contribution in [0.4, 0.5) is 11.4 Å². The van der Waals surface area contributed by atoms with Gasteiger partial charge in [0, 0.05) is 25.3 Å². The summed E-state index contributed by atoms with van der Waals surface area (Å²) in [5.74, 6) is 1.40. The first-order valence-electron chi connectivity index (χ1n) is 11.7. The quantitative estimate of drug-likeness (QED) is 0.462. The number of hydrogen-bond donors (Lipinski definition) is 0. The molecule has 1 aliphatic rings. The highest BCUT2D eigenvalue weighted by Gasteiger charge is 2.32. The lowest BCUT2D eigenvalue weighted by molar-refractivity contribution is 0.237. The second-order valence-electron chi connectivity index (χ2n) is 10.6. The van der Waals surface area contributed by atoms with Crippen LogP contribution in [0, 0.1) is 5.41 Å². The zero-order valence-corrected chi connectivity index (χ0v) is 21.2. The van der Waals surface area contributed by atoms with E-state index in [4.69, 9.17) is 14.7 Å². The van der Waals surface area contributed by atoms with Crippen LogP contribution in [0.1, 0.15) is 77.0 Å². The first-order chi connectivity index (χ1) is 15.0. The largest absolute Gasteiger partial charge is 0.474 e. The van der Waals surface area contributed by atoms with Gasteiger partial charge in [0.1, 0.15) is 12.3 Å². The summed E-state index contributed by atoms with van der Waals surface area (Å²) in [6.45, 7) is 16.1. The fourth-order valence-corrected chi connectivity index (χ4v) is 3.85. The maximum absolute atomic E-state index is 6.17. The van der Waals surface area contributed by atoms with Gasteiger partial charge in [-0.2, -0.15) is 0 Å². The third-order valence-electron chi connectivity index (χ3n) is 6.08. The highest BCUT2D eigenvalue weighted by molar-refractivity contribution is 6.46. The van der Waals surface area contributed by atoms with Crippen molar-refractivity contribution in [2.24, 2.45) is 15.4 Å². The molecule has 0 radical (unpaired) electrons. The molecular weight excluding hydrogens is 394 g/mol. The molecule has 0 spiro atoms. The molecule has 0 fully saturated rings. The number of hydrogen-bond acceptors (Lipinski definition) is 4. The number of rotatable bonds is 6. The van der Waals surface area contributed by atoms with E-state index in [0.29, 0.717) is 24.3 Å². The van der Waals surface area contributed by atoms with Gasteiger partial charge in [-0.05, 0) is 40.5 Å². The molecule has 0 unspecified atom stereocenters. The van der Waals surface area contributed by atoms with Crippen molar-refractivity contribution in [3.8, 4) is 0 Å². The Hall–Kier alpha value is -2.62. The lowest BCUT2D eigenvalue weighted by Gasteiger charge is -2.21. The van der Waals surface area contributed by atoms with E-state index in [0.717, 1.165) is 22.6 Å². The minimum Gasteiger partial charge on any atom is -0.474 e. The topological polar surface area (TPSA) is 37.2 Å². The van der Waals surface area contributed by atoms with Gasteiger partial charge in [0.2, 0.25) is 5.90 Å². The van der Waals surface area contributed by atoms with Crippen LogP contribution in [-0.2, 0) is 4.74 Å². The van der Waals surface area contributed by atoms with Crippen LogP contribution >= 0.6 is 0 Å². The second-order valence-corrected chi connectivity index (χ2v) is 10.6. The van der Waals surface area contributed by atoms with Crippen LogP contribution in [0.2, 0.25) is 0 Å². The van der Waals surface area contributed by atoms with Crippen molar-refractivity contribution < 1.29 is 4.74 Å². The molecule has 0 aromatic heterocycles. The van der Waals surface area contributed by atoms with Crippen LogP contribution in [0.3, 0.4) is 0 Å². The van der Waals surface area contributed by atoms with Crippen LogP contribution < -0.4 is 4.90 Å². The van der Waals surface area contributed by atoms with Gasteiger partial charge in [-0.15, -0.1) is 0 Å². The highest BCUT2D eigenvalue weighted by atomic mass is 16.5. The Kier molecular flexibility index (Phi) is 7.12. The minimum absolute atomic E-state index is 0.0422.